The van der Waals surface area contributed by atoms with Crippen molar-refractivity contribution in [2.24, 2.45) is 5.92 Å². The predicted molar refractivity (Wildman–Crippen MR) is 51.9 cm³/mol. The molecule has 0 fully saturated rings. The maximum Gasteiger partial charge on any atom is 0.303 e. The summed E-state index contributed by atoms with van der Waals surface area (Å²) in [6.45, 7) is 2.11. The predicted octanol–water partition coefficient (Wildman–Crippen LogP) is 0.412. The molecular formula is C10H13NO4. The SMILES string of the molecule is CC(CCC(=O)O)CN1C(=O)C=CC1=O. The van der Waals surface area contributed by atoms with E-state index >= 15 is 0 Å². The Bertz CT molecular complexity index is 303. The lowest BCUT2D eigenvalue weighted by Gasteiger charge is -2.18. The Morgan fingerprint density at radius 1 is 1.40 bits per heavy atom. The van der Waals surface area contributed by atoms with Gasteiger partial charge < -0.3 is 5.11 Å². The maximum absolute atomic E-state index is 11.2. The molecule has 0 radical (unpaired) electrons. The number of rotatable bonds is 5. The molecule has 0 saturated carbocycles. The molecule has 1 rings (SSSR count). The van der Waals surface area contributed by atoms with Crippen molar-refractivity contribution in [3.63, 3.8) is 0 Å². The molecule has 5 heteroatoms. The Kier molecular flexibility index (Phi) is 3.60. The van der Waals surface area contributed by atoms with E-state index in [1.807, 2.05) is 6.92 Å². The minimum atomic E-state index is -0.862. The summed E-state index contributed by atoms with van der Waals surface area (Å²) in [5.74, 6) is -1.49. The van der Waals surface area contributed by atoms with Crippen LogP contribution in [0, 0.1) is 5.92 Å². The summed E-state index contributed by atoms with van der Waals surface area (Å²) in [4.78, 5) is 33.8. The fourth-order valence-electron chi connectivity index (χ4n) is 1.38. The molecule has 0 bridgehead atoms. The van der Waals surface area contributed by atoms with Crippen LogP contribution in [-0.2, 0) is 14.4 Å². The highest BCUT2D eigenvalue weighted by molar-refractivity contribution is 6.12. The fourth-order valence-corrected chi connectivity index (χ4v) is 1.38. The molecule has 0 aromatic rings. The van der Waals surface area contributed by atoms with Gasteiger partial charge in [0.2, 0.25) is 0 Å². The van der Waals surface area contributed by atoms with Gasteiger partial charge in [-0.1, -0.05) is 6.92 Å². The number of carboxylic acids is 1. The summed E-state index contributed by atoms with van der Waals surface area (Å²) in [6.07, 6.45) is 2.98. The largest absolute Gasteiger partial charge is 0.481 e. The Hall–Kier alpha value is -1.65. The monoisotopic (exact) mass is 211 g/mol. The fraction of sp³-hybridized carbons (Fsp3) is 0.500. The second-order valence-electron chi connectivity index (χ2n) is 3.66. The standard InChI is InChI=1S/C10H13NO4/c1-7(2-5-10(14)15)6-11-8(12)3-4-9(11)13/h3-4,7H,2,5-6H2,1H3,(H,14,15). The number of carbonyl (C=O) groups is 3. The number of carbonyl (C=O) groups excluding carboxylic acids is 2. The normalized spacial score (nSPS) is 17.3. The second-order valence-corrected chi connectivity index (χ2v) is 3.66. The number of imide groups is 1. The zero-order chi connectivity index (χ0) is 11.4. The van der Waals surface area contributed by atoms with Crippen LogP contribution in [0.25, 0.3) is 0 Å². The lowest BCUT2D eigenvalue weighted by molar-refractivity contribution is -0.137. The lowest BCUT2D eigenvalue weighted by Crippen LogP contribution is -2.34. The third-order valence-corrected chi connectivity index (χ3v) is 2.25. The Morgan fingerprint density at radius 2 is 1.93 bits per heavy atom. The third-order valence-electron chi connectivity index (χ3n) is 2.25. The van der Waals surface area contributed by atoms with Gasteiger partial charge >= 0.3 is 5.97 Å². The van der Waals surface area contributed by atoms with Crippen LogP contribution in [0.2, 0.25) is 0 Å². The molecule has 1 aliphatic rings. The Balaban J connectivity index is 2.38. The van der Waals surface area contributed by atoms with Gasteiger partial charge in [0.25, 0.3) is 11.8 Å². The van der Waals surface area contributed by atoms with Crippen LogP contribution in [0.3, 0.4) is 0 Å². The summed E-state index contributed by atoms with van der Waals surface area (Å²) in [5.41, 5.74) is 0. The highest BCUT2D eigenvalue weighted by Gasteiger charge is 2.24. The van der Waals surface area contributed by atoms with E-state index in [1.165, 1.54) is 12.2 Å². The molecule has 1 heterocycles. The first-order chi connectivity index (χ1) is 7.00. The first kappa shape index (κ1) is 11.4. The van der Waals surface area contributed by atoms with E-state index in [9.17, 15) is 14.4 Å². The van der Waals surface area contributed by atoms with Crippen molar-refractivity contribution in [3.8, 4) is 0 Å². The molecule has 0 aliphatic carbocycles. The highest BCUT2D eigenvalue weighted by Crippen LogP contribution is 2.12. The molecule has 0 saturated heterocycles. The summed E-state index contributed by atoms with van der Waals surface area (Å²) in [6, 6.07) is 0. The molecule has 82 valence electrons. The van der Waals surface area contributed by atoms with Crippen LogP contribution >= 0.6 is 0 Å². The van der Waals surface area contributed by atoms with E-state index < -0.39 is 5.97 Å². The summed E-state index contributed by atoms with van der Waals surface area (Å²) in [5, 5.41) is 8.47. The van der Waals surface area contributed by atoms with Crippen LogP contribution in [0.5, 0.6) is 0 Å². The molecule has 0 aromatic heterocycles. The number of carboxylic acid groups (broad SMARTS) is 1. The molecule has 2 amide bonds. The van der Waals surface area contributed by atoms with Crippen molar-refractivity contribution in [2.75, 3.05) is 6.54 Å². The van der Waals surface area contributed by atoms with E-state index in [4.69, 9.17) is 5.11 Å². The minimum absolute atomic E-state index is 0.00824. The van der Waals surface area contributed by atoms with E-state index in [0.717, 1.165) is 4.90 Å². The Morgan fingerprint density at radius 3 is 2.40 bits per heavy atom. The van der Waals surface area contributed by atoms with Crippen molar-refractivity contribution < 1.29 is 19.5 Å². The van der Waals surface area contributed by atoms with Gasteiger partial charge in [0.15, 0.2) is 0 Å². The molecule has 1 N–H and O–H groups in total. The molecule has 1 aliphatic heterocycles. The average Bonchev–Trinajstić information content (AvgIpc) is 2.46. The van der Waals surface area contributed by atoms with Gasteiger partial charge in [0, 0.05) is 25.1 Å². The topological polar surface area (TPSA) is 74.7 Å². The van der Waals surface area contributed by atoms with Crippen LogP contribution in [0.4, 0.5) is 0 Å². The van der Waals surface area contributed by atoms with Crippen LogP contribution < -0.4 is 0 Å². The quantitative estimate of drug-likeness (QED) is 0.668. The summed E-state index contributed by atoms with van der Waals surface area (Å²) < 4.78 is 0. The molecule has 0 spiro atoms. The van der Waals surface area contributed by atoms with Gasteiger partial charge in [0.05, 0.1) is 0 Å². The number of hydrogen-bond donors (Lipinski definition) is 1. The van der Waals surface area contributed by atoms with Crippen LogP contribution in [0.15, 0.2) is 12.2 Å². The first-order valence-corrected chi connectivity index (χ1v) is 4.76. The maximum atomic E-state index is 11.2. The average molecular weight is 211 g/mol. The van der Waals surface area contributed by atoms with Crippen molar-refractivity contribution in [3.05, 3.63) is 12.2 Å². The van der Waals surface area contributed by atoms with Crippen molar-refractivity contribution >= 4 is 17.8 Å². The van der Waals surface area contributed by atoms with Gasteiger partial charge in [-0.2, -0.15) is 0 Å². The third kappa shape index (κ3) is 3.19. The van der Waals surface area contributed by atoms with Gasteiger partial charge in [-0.05, 0) is 12.3 Å². The first-order valence-electron chi connectivity index (χ1n) is 4.76. The summed E-state index contributed by atoms with van der Waals surface area (Å²) >= 11 is 0. The van der Waals surface area contributed by atoms with Gasteiger partial charge in [-0.15, -0.1) is 0 Å². The zero-order valence-corrected chi connectivity index (χ0v) is 8.47. The molecule has 15 heavy (non-hydrogen) atoms. The molecule has 5 nitrogen and oxygen atoms in total. The van der Waals surface area contributed by atoms with Crippen LogP contribution in [0.1, 0.15) is 19.8 Å². The van der Waals surface area contributed by atoms with E-state index in [0.29, 0.717) is 6.42 Å². The highest BCUT2D eigenvalue weighted by atomic mass is 16.4. The number of amides is 2. The molecule has 1 atom stereocenters. The smallest absolute Gasteiger partial charge is 0.303 e. The van der Waals surface area contributed by atoms with Crippen LogP contribution in [-0.4, -0.2) is 34.3 Å². The number of hydrogen-bond acceptors (Lipinski definition) is 3. The lowest BCUT2D eigenvalue weighted by atomic mass is 10.1. The van der Waals surface area contributed by atoms with Crippen molar-refractivity contribution in [2.45, 2.75) is 19.8 Å². The van der Waals surface area contributed by atoms with Gasteiger partial charge in [0.1, 0.15) is 0 Å². The second kappa shape index (κ2) is 4.72. The Labute approximate surface area is 87.4 Å². The van der Waals surface area contributed by atoms with Gasteiger partial charge in [-0.3, -0.25) is 19.3 Å². The zero-order valence-electron chi connectivity index (χ0n) is 8.47. The number of aliphatic carboxylic acids is 1. The summed E-state index contributed by atoms with van der Waals surface area (Å²) in [7, 11) is 0. The van der Waals surface area contributed by atoms with E-state index in [-0.39, 0.29) is 30.7 Å². The minimum Gasteiger partial charge on any atom is -0.481 e. The molecule has 1 unspecified atom stereocenters. The van der Waals surface area contributed by atoms with Gasteiger partial charge in [-0.25, -0.2) is 0 Å². The van der Waals surface area contributed by atoms with Crippen molar-refractivity contribution in [1.82, 2.24) is 4.90 Å². The van der Waals surface area contributed by atoms with E-state index in [1.54, 1.807) is 0 Å². The van der Waals surface area contributed by atoms with Crippen molar-refractivity contribution in [1.29, 1.82) is 0 Å². The molecular weight excluding hydrogens is 198 g/mol. The number of nitrogens with zero attached hydrogens (tertiary/aromatic N) is 1. The van der Waals surface area contributed by atoms with E-state index in [2.05, 4.69) is 0 Å². The molecule has 0 aromatic carbocycles.